The summed E-state index contributed by atoms with van der Waals surface area (Å²) >= 11 is 0. The van der Waals surface area contributed by atoms with Crippen molar-refractivity contribution in [2.45, 2.75) is 19.9 Å². The van der Waals surface area contributed by atoms with Gasteiger partial charge in [-0.3, -0.25) is 9.89 Å². The Morgan fingerprint density at radius 3 is 2.67 bits per heavy atom. The second-order valence-corrected chi connectivity index (χ2v) is 4.29. The SMILES string of the molecule is CC(C)Nc1cc(C(=O)Nc2ccccc2)[nH]n1. The van der Waals surface area contributed by atoms with Crippen LogP contribution >= 0.6 is 0 Å². The maximum absolute atomic E-state index is 11.9. The fourth-order valence-corrected chi connectivity index (χ4v) is 1.53. The van der Waals surface area contributed by atoms with Gasteiger partial charge in [-0.25, -0.2) is 0 Å². The molecular weight excluding hydrogens is 228 g/mol. The van der Waals surface area contributed by atoms with E-state index in [1.807, 2.05) is 44.2 Å². The highest BCUT2D eigenvalue weighted by Crippen LogP contribution is 2.10. The molecule has 94 valence electrons. The molecule has 0 spiro atoms. The van der Waals surface area contributed by atoms with E-state index in [0.717, 1.165) is 5.69 Å². The number of amides is 1. The fourth-order valence-electron chi connectivity index (χ4n) is 1.53. The number of carbonyl (C=O) groups is 1. The summed E-state index contributed by atoms with van der Waals surface area (Å²) in [4.78, 5) is 11.9. The fraction of sp³-hybridized carbons (Fsp3) is 0.231. The van der Waals surface area contributed by atoms with E-state index in [1.54, 1.807) is 6.07 Å². The van der Waals surface area contributed by atoms with Crippen LogP contribution in [0.1, 0.15) is 24.3 Å². The van der Waals surface area contributed by atoms with Gasteiger partial charge in [0.05, 0.1) is 0 Å². The molecule has 0 aliphatic carbocycles. The number of H-pyrrole nitrogens is 1. The molecule has 2 aromatic rings. The van der Waals surface area contributed by atoms with Crippen molar-refractivity contribution in [1.82, 2.24) is 10.2 Å². The zero-order chi connectivity index (χ0) is 13.0. The second kappa shape index (κ2) is 5.35. The highest BCUT2D eigenvalue weighted by Gasteiger charge is 2.10. The number of anilines is 2. The molecule has 0 atom stereocenters. The molecule has 5 heteroatoms. The third kappa shape index (κ3) is 3.10. The summed E-state index contributed by atoms with van der Waals surface area (Å²) < 4.78 is 0. The summed E-state index contributed by atoms with van der Waals surface area (Å²) in [5.41, 5.74) is 1.19. The van der Waals surface area contributed by atoms with Crippen molar-refractivity contribution in [3.63, 3.8) is 0 Å². The van der Waals surface area contributed by atoms with Gasteiger partial charge in [-0.2, -0.15) is 5.10 Å². The molecule has 0 saturated carbocycles. The number of hydrogen-bond acceptors (Lipinski definition) is 3. The Balaban J connectivity index is 2.03. The quantitative estimate of drug-likeness (QED) is 0.773. The molecule has 0 bridgehead atoms. The van der Waals surface area contributed by atoms with Crippen molar-refractivity contribution in [2.24, 2.45) is 0 Å². The van der Waals surface area contributed by atoms with Gasteiger partial charge in [-0.05, 0) is 26.0 Å². The Labute approximate surface area is 106 Å². The molecule has 0 radical (unpaired) electrons. The lowest BCUT2D eigenvalue weighted by Gasteiger charge is -2.04. The third-order valence-electron chi connectivity index (χ3n) is 2.29. The highest BCUT2D eigenvalue weighted by molar-refractivity contribution is 6.03. The molecule has 1 amide bonds. The van der Waals surface area contributed by atoms with Crippen molar-refractivity contribution in [3.8, 4) is 0 Å². The van der Waals surface area contributed by atoms with Gasteiger partial charge in [-0.15, -0.1) is 0 Å². The van der Waals surface area contributed by atoms with Crippen LogP contribution in [0.15, 0.2) is 36.4 Å². The molecule has 0 aliphatic rings. The zero-order valence-electron chi connectivity index (χ0n) is 10.4. The number of aromatic nitrogens is 2. The van der Waals surface area contributed by atoms with Crippen molar-refractivity contribution in [2.75, 3.05) is 10.6 Å². The van der Waals surface area contributed by atoms with Gasteiger partial charge in [0.25, 0.3) is 5.91 Å². The zero-order valence-corrected chi connectivity index (χ0v) is 10.4. The van der Waals surface area contributed by atoms with Crippen LogP contribution in [-0.4, -0.2) is 22.1 Å². The van der Waals surface area contributed by atoms with E-state index in [9.17, 15) is 4.79 Å². The molecule has 1 aromatic carbocycles. The molecule has 3 N–H and O–H groups in total. The van der Waals surface area contributed by atoms with Crippen LogP contribution in [0.2, 0.25) is 0 Å². The van der Waals surface area contributed by atoms with Crippen molar-refractivity contribution in [1.29, 1.82) is 0 Å². The molecule has 2 rings (SSSR count). The molecule has 1 heterocycles. The number of hydrogen-bond donors (Lipinski definition) is 3. The average molecular weight is 244 g/mol. The third-order valence-corrected chi connectivity index (χ3v) is 2.29. The van der Waals surface area contributed by atoms with Gasteiger partial charge in [-0.1, -0.05) is 18.2 Å². The Kier molecular flexibility index (Phi) is 3.62. The second-order valence-electron chi connectivity index (χ2n) is 4.29. The van der Waals surface area contributed by atoms with Crippen LogP contribution in [0.4, 0.5) is 11.5 Å². The minimum absolute atomic E-state index is 0.203. The number of carbonyl (C=O) groups excluding carboxylic acids is 1. The number of aromatic amines is 1. The Hall–Kier alpha value is -2.30. The normalized spacial score (nSPS) is 10.4. The largest absolute Gasteiger partial charge is 0.366 e. The standard InChI is InChI=1S/C13H16N4O/c1-9(2)14-12-8-11(16-17-12)13(18)15-10-6-4-3-5-7-10/h3-9H,1-2H3,(H,15,18)(H2,14,16,17). The van der Waals surface area contributed by atoms with Gasteiger partial charge in [0.1, 0.15) is 11.5 Å². The van der Waals surface area contributed by atoms with Crippen LogP contribution in [0.3, 0.4) is 0 Å². The lowest BCUT2D eigenvalue weighted by Crippen LogP contribution is -2.12. The van der Waals surface area contributed by atoms with Gasteiger partial charge in [0.2, 0.25) is 0 Å². The summed E-state index contributed by atoms with van der Waals surface area (Å²) in [7, 11) is 0. The van der Waals surface area contributed by atoms with E-state index >= 15 is 0 Å². The van der Waals surface area contributed by atoms with Gasteiger partial charge in [0, 0.05) is 17.8 Å². The Bertz CT molecular complexity index is 519. The maximum Gasteiger partial charge on any atom is 0.273 e. The van der Waals surface area contributed by atoms with Crippen LogP contribution in [-0.2, 0) is 0 Å². The first-order valence-corrected chi connectivity index (χ1v) is 5.83. The molecule has 0 unspecified atom stereocenters. The van der Waals surface area contributed by atoms with Gasteiger partial charge >= 0.3 is 0 Å². The Morgan fingerprint density at radius 1 is 1.28 bits per heavy atom. The number of rotatable bonds is 4. The lowest BCUT2D eigenvalue weighted by atomic mass is 10.3. The number of nitrogens with zero attached hydrogens (tertiary/aromatic N) is 1. The van der Waals surface area contributed by atoms with E-state index in [-0.39, 0.29) is 11.9 Å². The van der Waals surface area contributed by atoms with Crippen LogP contribution in [0.25, 0.3) is 0 Å². The first-order chi connectivity index (χ1) is 8.65. The summed E-state index contributed by atoms with van der Waals surface area (Å²) in [6.07, 6.45) is 0. The summed E-state index contributed by atoms with van der Waals surface area (Å²) in [5.74, 6) is 0.466. The van der Waals surface area contributed by atoms with Gasteiger partial charge in [0.15, 0.2) is 0 Å². The van der Waals surface area contributed by atoms with E-state index in [4.69, 9.17) is 0 Å². The smallest absolute Gasteiger partial charge is 0.273 e. The number of nitrogens with one attached hydrogen (secondary N) is 3. The molecule has 18 heavy (non-hydrogen) atoms. The Morgan fingerprint density at radius 2 is 2.00 bits per heavy atom. The topological polar surface area (TPSA) is 69.8 Å². The first kappa shape index (κ1) is 12.2. The summed E-state index contributed by atoms with van der Waals surface area (Å²) in [6.45, 7) is 4.02. The van der Waals surface area contributed by atoms with Crippen molar-refractivity contribution >= 4 is 17.4 Å². The molecule has 0 fully saturated rings. The maximum atomic E-state index is 11.9. The first-order valence-electron chi connectivity index (χ1n) is 5.83. The van der Waals surface area contributed by atoms with E-state index in [2.05, 4.69) is 20.8 Å². The number of para-hydroxylation sites is 1. The average Bonchev–Trinajstić information content (AvgIpc) is 2.78. The van der Waals surface area contributed by atoms with Crippen molar-refractivity contribution < 1.29 is 4.79 Å². The predicted octanol–water partition coefficient (Wildman–Crippen LogP) is 2.48. The number of benzene rings is 1. The molecule has 1 aromatic heterocycles. The molecular formula is C13H16N4O. The van der Waals surface area contributed by atoms with Crippen LogP contribution < -0.4 is 10.6 Å². The van der Waals surface area contributed by atoms with Gasteiger partial charge < -0.3 is 10.6 Å². The van der Waals surface area contributed by atoms with E-state index in [1.165, 1.54) is 0 Å². The summed E-state index contributed by atoms with van der Waals surface area (Å²) in [6, 6.07) is 11.3. The molecule has 0 saturated heterocycles. The van der Waals surface area contributed by atoms with Crippen LogP contribution in [0.5, 0.6) is 0 Å². The summed E-state index contributed by atoms with van der Waals surface area (Å²) in [5, 5.41) is 12.6. The molecule has 0 aliphatic heterocycles. The minimum Gasteiger partial charge on any atom is -0.366 e. The lowest BCUT2D eigenvalue weighted by molar-refractivity contribution is 0.102. The predicted molar refractivity (Wildman–Crippen MR) is 71.7 cm³/mol. The molecule has 5 nitrogen and oxygen atoms in total. The van der Waals surface area contributed by atoms with E-state index < -0.39 is 0 Å². The highest BCUT2D eigenvalue weighted by atomic mass is 16.1. The minimum atomic E-state index is -0.203. The van der Waals surface area contributed by atoms with Crippen molar-refractivity contribution in [3.05, 3.63) is 42.1 Å². The monoisotopic (exact) mass is 244 g/mol. The van der Waals surface area contributed by atoms with E-state index in [0.29, 0.717) is 11.5 Å². The van der Waals surface area contributed by atoms with Crippen LogP contribution in [0, 0.1) is 0 Å².